The Bertz CT molecular complexity index is 681. The lowest BCUT2D eigenvalue weighted by Crippen LogP contribution is -2.42. The van der Waals surface area contributed by atoms with E-state index < -0.39 is 0 Å². The number of hydrogen-bond acceptors (Lipinski definition) is 4. The Morgan fingerprint density at radius 3 is 2.81 bits per heavy atom. The molecule has 0 bridgehead atoms. The van der Waals surface area contributed by atoms with Gasteiger partial charge >= 0.3 is 0 Å². The first-order valence-electron chi connectivity index (χ1n) is 9.73. The molecule has 0 amide bonds. The molecule has 2 aromatic heterocycles. The third-order valence-corrected chi connectivity index (χ3v) is 6.88. The summed E-state index contributed by atoms with van der Waals surface area (Å²) in [6.07, 6.45) is 5.61. The van der Waals surface area contributed by atoms with Crippen LogP contribution in [0.15, 0.2) is 35.8 Å². The summed E-state index contributed by atoms with van der Waals surface area (Å²) in [6.45, 7) is 12.7. The molecule has 3 nitrogen and oxygen atoms in total. The molecule has 0 spiro atoms. The van der Waals surface area contributed by atoms with Crippen LogP contribution in [0.1, 0.15) is 49.7 Å². The van der Waals surface area contributed by atoms with Crippen LogP contribution in [0.25, 0.3) is 0 Å². The first kappa shape index (κ1) is 19.5. The number of rotatable bonds is 8. The normalized spacial score (nSPS) is 21.4. The van der Waals surface area contributed by atoms with Crippen molar-refractivity contribution in [3.63, 3.8) is 0 Å². The molecule has 4 heteroatoms. The Kier molecular flexibility index (Phi) is 6.16. The van der Waals surface area contributed by atoms with Crippen molar-refractivity contribution in [1.82, 2.24) is 9.88 Å². The fourth-order valence-electron chi connectivity index (χ4n) is 3.98. The van der Waals surface area contributed by atoms with Gasteiger partial charge in [-0.05, 0) is 76.6 Å². The van der Waals surface area contributed by atoms with Crippen LogP contribution in [0, 0.1) is 12.3 Å². The minimum atomic E-state index is -0.00238. The largest absolute Gasteiger partial charge is 0.381 e. The van der Waals surface area contributed by atoms with Gasteiger partial charge in [-0.2, -0.15) is 0 Å². The van der Waals surface area contributed by atoms with E-state index in [1.165, 1.54) is 23.3 Å². The maximum absolute atomic E-state index is 5.94. The van der Waals surface area contributed by atoms with Crippen molar-refractivity contribution in [3.8, 4) is 0 Å². The molecule has 1 atom stereocenters. The number of ether oxygens (including phenoxy) is 1. The minimum Gasteiger partial charge on any atom is -0.381 e. The summed E-state index contributed by atoms with van der Waals surface area (Å²) in [7, 11) is 0. The summed E-state index contributed by atoms with van der Waals surface area (Å²) >= 11 is 1.87. The first-order chi connectivity index (χ1) is 12.5. The molecule has 0 radical (unpaired) electrons. The van der Waals surface area contributed by atoms with E-state index in [4.69, 9.17) is 4.74 Å². The number of thiophene rings is 1. The van der Waals surface area contributed by atoms with Gasteiger partial charge in [-0.3, -0.25) is 9.88 Å². The van der Waals surface area contributed by atoms with Crippen LogP contribution in [0.4, 0.5) is 0 Å². The minimum absolute atomic E-state index is 0.00238. The van der Waals surface area contributed by atoms with Crippen molar-refractivity contribution < 1.29 is 4.74 Å². The highest BCUT2D eigenvalue weighted by molar-refractivity contribution is 7.09. The number of pyridine rings is 1. The maximum Gasteiger partial charge on any atom is 0.0535 e. The molecule has 3 heterocycles. The topological polar surface area (TPSA) is 25.4 Å². The number of nitrogens with zero attached hydrogens (tertiary/aromatic N) is 2. The molecule has 1 aliphatic heterocycles. The molecule has 26 heavy (non-hydrogen) atoms. The second-order valence-electron chi connectivity index (χ2n) is 8.14. The lowest BCUT2D eigenvalue weighted by molar-refractivity contribution is 0.0386. The van der Waals surface area contributed by atoms with Crippen LogP contribution in [-0.2, 0) is 16.7 Å². The Morgan fingerprint density at radius 1 is 1.31 bits per heavy atom. The van der Waals surface area contributed by atoms with Crippen LogP contribution in [0.5, 0.6) is 0 Å². The summed E-state index contributed by atoms with van der Waals surface area (Å²) in [4.78, 5) is 8.64. The smallest absolute Gasteiger partial charge is 0.0535 e. The average Bonchev–Trinajstić information content (AvgIpc) is 3.29. The monoisotopic (exact) mass is 372 g/mol. The third kappa shape index (κ3) is 4.36. The van der Waals surface area contributed by atoms with E-state index in [1.54, 1.807) is 0 Å². The Labute approximate surface area is 162 Å². The van der Waals surface area contributed by atoms with Crippen LogP contribution >= 0.6 is 11.3 Å². The van der Waals surface area contributed by atoms with Gasteiger partial charge in [0.05, 0.1) is 6.61 Å². The molecule has 142 valence electrons. The zero-order valence-corrected chi connectivity index (χ0v) is 17.4. The van der Waals surface area contributed by atoms with Gasteiger partial charge < -0.3 is 4.74 Å². The van der Waals surface area contributed by atoms with Crippen molar-refractivity contribution >= 4 is 11.3 Å². The molecule has 2 aromatic rings. The summed E-state index contributed by atoms with van der Waals surface area (Å²) in [5, 5.41) is 2.18. The summed E-state index contributed by atoms with van der Waals surface area (Å²) in [5.41, 5.74) is 2.63. The van der Waals surface area contributed by atoms with Crippen molar-refractivity contribution in [2.75, 3.05) is 26.3 Å². The third-order valence-electron chi connectivity index (χ3n) is 5.94. The van der Waals surface area contributed by atoms with Gasteiger partial charge in [0.25, 0.3) is 0 Å². The molecule has 1 saturated heterocycles. The summed E-state index contributed by atoms with van der Waals surface area (Å²) < 4.78 is 5.94. The van der Waals surface area contributed by atoms with Gasteiger partial charge in [0.1, 0.15) is 0 Å². The van der Waals surface area contributed by atoms with E-state index in [9.17, 15) is 0 Å². The number of hydrogen-bond donors (Lipinski definition) is 0. The van der Waals surface area contributed by atoms with Crippen molar-refractivity contribution in [3.05, 3.63) is 52.0 Å². The first-order valence-corrected chi connectivity index (χ1v) is 10.6. The van der Waals surface area contributed by atoms with Gasteiger partial charge in [-0.1, -0.05) is 12.1 Å². The molecule has 1 unspecified atom stereocenters. The quantitative estimate of drug-likeness (QED) is 0.648. The molecule has 3 rings (SSSR count). The fraction of sp³-hybridized carbons (Fsp3) is 0.591. The van der Waals surface area contributed by atoms with Gasteiger partial charge in [-0.25, -0.2) is 0 Å². The predicted octanol–water partition coefficient (Wildman–Crippen LogP) is 5.05. The molecule has 0 saturated carbocycles. The molecule has 1 fully saturated rings. The molecule has 0 N–H and O–H groups in total. The molecule has 0 aliphatic carbocycles. The fourth-order valence-corrected chi connectivity index (χ4v) is 4.69. The van der Waals surface area contributed by atoms with Crippen LogP contribution in [0.3, 0.4) is 0 Å². The van der Waals surface area contributed by atoms with Gasteiger partial charge in [0, 0.05) is 40.9 Å². The zero-order chi connectivity index (χ0) is 18.6. The Balaban J connectivity index is 1.73. The van der Waals surface area contributed by atoms with Crippen molar-refractivity contribution in [1.29, 1.82) is 0 Å². The van der Waals surface area contributed by atoms with Crippen LogP contribution < -0.4 is 0 Å². The summed E-state index contributed by atoms with van der Waals surface area (Å²) in [6, 6.07) is 8.77. The average molecular weight is 373 g/mol. The molecule has 0 aromatic carbocycles. The highest BCUT2D eigenvalue weighted by Crippen LogP contribution is 2.41. The Morgan fingerprint density at radius 2 is 2.15 bits per heavy atom. The number of aromatic nitrogens is 1. The number of likely N-dealkylation sites (tertiary alicyclic amines) is 1. The SMILES string of the molecule is CCOCC1(CCc2cccs2)CCN(C(C)(C)c2ccc(C)nc2)C1. The summed E-state index contributed by atoms with van der Waals surface area (Å²) in [5.74, 6) is 0. The van der Waals surface area contributed by atoms with Crippen LogP contribution in [0.2, 0.25) is 0 Å². The van der Waals surface area contributed by atoms with E-state index in [-0.39, 0.29) is 11.0 Å². The van der Waals surface area contributed by atoms with Gasteiger partial charge in [0.2, 0.25) is 0 Å². The molecular weight excluding hydrogens is 340 g/mol. The van der Waals surface area contributed by atoms with E-state index in [0.29, 0.717) is 0 Å². The zero-order valence-electron chi connectivity index (χ0n) is 16.6. The lowest BCUT2D eigenvalue weighted by atomic mass is 9.82. The van der Waals surface area contributed by atoms with Crippen molar-refractivity contribution in [2.45, 2.75) is 52.5 Å². The number of aryl methyl sites for hydroxylation is 2. The maximum atomic E-state index is 5.94. The second-order valence-corrected chi connectivity index (χ2v) is 9.17. The van der Waals surface area contributed by atoms with E-state index in [0.717, 1.165) is 38.4 Å². The second kappa shape index (κ2) is 8.20. The van der Waals surface area contributed by atoms with Crippen molar-refractivity contribution in [2.24, 2.45) is 5.41 Å². The van der Waals surface area contributed by atoms with Gasteiger partial charge in [-0.15, -0.1) is 11.3 Å². The predicted molar refractivity (Wildman–Crippen MR) is 110 cm³/mol. The Hall–Kier alpha value is -1.23. The standard InChI is InChI=1S/C22H32N2OS/c1-5-25-17-22(11-10-20-7-6-14-26-20)12-13-24(16-22)21(3,4)19-9-8-18(2)23-15-19/h6-9,14-15H,5,10-13,16-17H2,1-4H3. The highest BCUT2D eigenvalue weighted by atomic mass is 32.1. The highest BCUT2D eigenvalue weighted by Gasteiger charge is 2.43. The molecular formula is C22H32N2OS. The van der Waals surface area contributed by atoms with E-state index in [1.807, 2.05) is 24.5 Å². The van der Waals surface area contributed by atoms with Crippen LogP contribution in [-0.4, -0.2) is 36.2 Å². The van der Waals surface area contributed by atoms with E-state index >= 15 is 0 Å². The lowest BCUT2D eigenvalue weighted by Gasteiger charge is -2.38. The van der Waals surface area contributed by atoms with E-state index in [2.05, 4.69) is 60.3 Å². The van der Waals surface area contributed by atoms with Gasteiger partial charge in [0.15, 0.2) is 0 Å². The molecule has 1 aliphatic rings.